The van der Waals surface area contributed by atoms with Crippen LogP contribution in [0.25, 0.3) is 5.69 Å². The molecule has 7 heteroatoms. The number of hydrogen-bond donors (Lipinski definition) is 2. The predicted octanol–water partition coefficient (Wildman–Crippen LogP) is 2.77. The maximum atomic E-state index is 10.2. The Morgan fingerprint density at radius 3 is 2.52 bits per heavy atom. The third-order valence-electron chi connectivity index (χ3n) is 3.46. The monoisotopic (exact) mass is 329 g/mol. The van der Waals surface area contributed by atoms with Crippen molar-refractivity contribution in [3.05, 3.63) is 64.7 Å². The van der Waals surface area contributed by atoms with Gasteiger partial charge in [0.1, 0.15) is 0 Å². The number of aryl methyl sites for hydroxylation is 1. The molecule has 0 unspecified atom stereocenters. The van der Waals surface area contributed by atoms with E-state index in [1.807, 2.05) is 31.2 Å². The number of rotatable bonds is 5. The molecule has 118 valence electrons. The van der Waals surface area contributed by atoms with Crippen molar-refractivity contribution in [3.63, 3.8) is 0 Å². The second-order valence-corrected chi connectivity index (χ2v) is 5.63. The Kier molecular flexibility index (Phi) is 4.55. The molecule has 1 aromatic heterocycles. The first-order chi connectivity index (χ1) is 11.1. The molecule has 0 saturated carbocycles. The van der Waals surface area contributed by atoms with E-state index in [2.05, 4.69) is 20.8 Å². The lowest BCUT2D eigenvalue weighted by Gasteiger charge is -2.13. The van der Waals surface area contributed by atoms with Crippen LogP contribution in [-0.4, -0.2) is 31.9 Å². The second-order valence-electron chi connectivity index (χ2n) is 5.20. The highest BCUT2D eigenvalue weighted by Crippen LogP contribution is 2.18. The highest BCUT2D eigenvalue weighted by atomic mass is 35.5. The first-order valence-corrected chi connectivity index (χ1v) is 7.54. The lowest BCUT2D eigenvalue weighted by Crippen LogP contribution is -2.15. The number of nitrogens with one attached hydrogen (secondary N) is 1. The summed E-state index contributed by atoms with van der Waals surface area (Å²) in [4.78, 5) is 0. The van der Waals surface area contributed by atoms with Crippen LogP contribution in [0.15, 0.2) is 48.5 Å². The first kappa shape index (κ1) is 15.5. The molecule has 0 aliphatic carbocycles. The molecule has 0 fully saturated rings. The summed E-state index contributed by atoms with van der Waals surface area (Å²) in [6, 6.07) is 14.9. The lowest BCUT2D eigenvalue weighted by atomic mass is 10.1. The summed E-state index contributed by atoms with van der Waals surface area (Å²) in [6.45, 7) is 2.30. The van der Waals surface area contributed by atoms with Gasteiger partial charge in [0, 0.05) is 11.6 Å². The molecule has 0 aliphatic heterocycles. The smallest absolute Gasteiger partial charge is 0.247 e. The Bertz CT molecular complexity index is 770. The van der Waals surface area contributed by atoms with E-state index in [4.69, 9.17) is 11.6 Å². The molecule has 0 saturated heterocycles. The van der Waals surface area contributed by atoms with E-state index in [0.29, 0.717) is 11.0 Å². The maximum Gasteiger partial charge on any atom is 0.247 e. The Morgan fingerprint density at radius 1 is 1.13 bits per heavy atom. The summed E-state index contributed by atoms with van der Waals surface area (Å²) in [5.74, 6) is 0.474. The Labute approximate surface area is 138 Å². The molecule has 0 spiro atoms. The van der Waals surface area contributed by atoms with E-state index in [1.54, 1.807) is 28.9 Å². The van der Waals surface area contributed by atoms with Crippen LogP contribution in [0.5, 0.6) is 0 Å². The molecule has 0 amide bonds. The summed E-state index contributed by atoms with van der Waals surface area (Å²) < 4.78 is 1.59. The van der Waals surface area contributed by atoms with Crippen LogP contribution in [0.1, 0.15) is 17.2 Å². The van der Waals surface area contributed by atoms with Crippen molar-refractivity contribution in [2.24, 2.45) is 0 Å². The molecular formula is C16H16ClN5O. The first-order valence-electron chi connectivity index (χ1n) is 7.16. The van der Waals surface area contributed by atoms with Crippen LogP contribution in [0.2, 0.25) is 5.02 Å². The number of aromatic nitrogens is 4. The Balaban J connectivity index is 1.70. The van der Waals surface area contributed by atoms with E-state index in [0.717, 1.165) is 16.8 Å². The van der Waals surface area contributed by atoms with E-state index < -0.39 is 6.10 Å². The predicted molar refractivity (Wildman–Crippen MR) is 88.8 cm³/mol. The number of halogens is 1. The van der Waals surface area contributed by atoms with Crippen molar-refractivity contribution < 1.29 is 5.11 Å². The van der Waals surface area contributed by atoms with Gasteiger partial charge >= 0.3 is 0 Å². The van der Waals surface area contributed by atoms with E-state index >= 15 is 0 Å². The maximum absolute atomic E-state index is 10.2. The molecule has 1 heterocycles. The number of tetrazole rings is 1. The molecule has 2 N–H and O–H groups in total. The number of aliphatic hydroxyl groups excluding tert-OH is 1. The third-order valence-corrected chi connectivity index (χ3v) is 3.71. The Hall–Kier alpha value is -2.44. The van der Waals surface area contributed by atoms with Gasteiger partial charge in [-0.1, -0.05) is 46.5 Å². The number of hydrogen-bond acceptors (Lipinski definition) is 5. The zero-order chi connectivity index (χ0) is 16.2. The molecule has 3 rings (SSSR count). The van der Waals surface area contributed by atoms with Crippen LogP contribution >= 0.6 is 11.6 Å². The van der Waals surface area contributed by atoms with E-state index in [-0.39, 0.29) is 6.54 Å². The van der Waals surface area contributed by atoms with Gasteiger partial charge in [0.15, 0.2) is 0 Å². The fraction of sp³-hybridized carbons (Fsp3) is 0.188. The number of nitrogens with zero attached hydrogens (tertiary/aromatic N) is 4. The van der Waals surface area contributed by atoms with Crippen LogP contribution in [-0.2, 0) is 0 Å². The largest absolute Gasteiger partial charge is 0.387 e. The molecule has 23 heavy (non-hydrogen) atoms. The number of anilines is 1. The summed E-state index contributed by atoms with van der Waals surface area (Å²) in [5, 5.41) is 25.5. The summed E-state index contributed by atoms with van der Waals surface area (Å²) in [5.41, 5.74) is 2.79. The van der Waals surface area contributed by atoms with E-state index in [9.17, 15) is 5.11 Å². The summed E-state index contributed by atoms with van der Waals surface area (Å²) in [7, 11) is 0. The minimum atomic E-state index is -0.685. The van der Waals surface area contributed by atoms with Crippen molar-refractivity contribution in [1.29, 1.82) is 0 Å². The van der Waals surface area contributed by atoms with Gasteiger partial charge in [-0.3, -0.25) is 0 Å². The SMILES string of the molecule is Cc1ccc(-n2nnnc2NC[C@@H](O)c2ccc(Cl)cc2)cc1. The van der Waals surface area contributed by atoms with Crippen molar-refractivity contribution in [2.75, 3.05) is 11.9 Å². The topological polar surface area (TPSA) is 75.9 Å². The van der Waals surface area contributed by atoms with Gasteiger partial charge in [0.2, 0.25) is 5.95 Å². The van der Waals surface area contributed by atoms with Crippen molar-refractivity contribution in [2.45, 2.75) is 13.0 Å². The van der Waals surface area contributed by atoms with Gasteiger partial charge < -0.3 is 10.4 Å². The molecular weight excluding hydrogens is 314 g/mol. The zero-order valence-electron chi connectivity index (χ0n) is 12.5. The van der Waals surface area contributed by atoms with Crippen molar-refractivity contribution >= 4 is 17.5 Å². The van der Waals surface area contributed by atoms with Gasteiger partial charge in [-0.25, -0.2) is 0 Å². The minimum Gasteiger partial charge on any atom is -0.387 e. The van der Waals surface area contributed by atoms with E-state index in [1.165, 1.54) is 0 Å². The third kappa shape index (κ3) is 3.67. The lowest BCUT2D eigenvalue weighted by molar-refractivity contribution is 0.191. The average molecular weight is 330 g/mol. The number of benzene rings is 2. The second kappa shape index (κ2) is 6.76. The van der Waals surface area contributed by atoms with Crippen LogP contribution < -0.4 is 5.32 Å². The van der Waals surface area contributed by atoms with Crippen molar-refractivity contribution in [1.82, 2.24) is 20.2 Å². The van der Waals surface area contributed by atoms with Gasteiger partial charge in [-0.2, -0.15) is 4.68 Å². The minimum absolute atomic E-state index is 0.286. The highest BCUT2D eigenvalue weighted by Gasteiger charge is 2.11. The normalized spacial score (nSPS) is 12.1. The fourth-order valence-corrected chi connectivity index (χ4v) is 2.27. The zero-order valence-corrected chi connectivity index (χ0v) is 13.3. The van der Waals surface area contributed by atoms with Gasteiger partial charge in [0.25, 0.3) is 0 Å². The summed E-state index contributed by atoms with van der Waals surface area (Å²) in [6.07, 6.45) is -0.685. The van der Waals surface area contributed by atoms with Crippen LogP contribution in [0, 0.1) is 6.92 Å². The van der Waals surface area contributed by atoms with Crippen molar-refractivity contribution in [3.8, 4) is 5.69 Å². The average Bonchev–Trinajstić information content (AvgIpc) is 3.02. The fourth-order valence-electron chi connectivity index (χ4n) is 2.15. The Morgan fingerprint density at radius 2 is 1.83 bits per heavy atom. The van der Waals surface area contributed by atoms with Crippen LogP contribution in [0.3, 0.4) is 0 Å². The molecule has 0 aliphatic rings. The quantitative estimate of drug-likeness (QED) is 0.752. The number of aliphatic hydroxyl groups is 1. The van der Waals surface area contributed by atoms with Gasteiger partial charge in [-0.05, 0) is 47.2 Å². The molecule has 0 bridgehead atoms. The molecule has 3 aromatic rings. The standard InChI is InChI=1S/C16H16ClN5O/c1-11-2-8-14(9-3-11)22-16(19-20-21-22)18-10-15(23)12-4-6-13(17)7-5-12/h2-9,15,23H,10H2,1H3,(H,18,19,21)/t15-/m1/s1. The highest BCUT2D eigenvalue weighted by molar-refractivity contribution is 6.30. The molecule has 1 atom stereocenters. The van der Waals surface area contributed by atoms with Crippen LogP contribution in [0.4, 0.5) is 5.95 Å². The van der Waals surface area contributed by atoms with Gasteiger partial charge in [-0.15, -0.1) is 0 Å². The van der Waals surface area contributed by atoms with Gasteiger partial charge in [0.05, 0.1) is 11.8 Å². The molecule has 6 nitrogen and oxygen atoms in total. The molecule has 0 radical (unpaired) electrons. The molecule has 2 aromatic carbocycles. The summed E-state index contributed by atoms with van der Waals surface area (Å²) >= 11 is 5.85.